The number of phenols is 1. The lowest BCUT2D eigenvalue weighted by Crippen LogP contribution is -2.57. The van der Waals surface area contributed by atoms with E-state index >= 15 is 8.78 Å². The minimum Gasteiger partial charge on any atom is -0.508 e. The number of β-amino-alcohol motifs (C(OH)–C–C–N with tert-alkyl or cyclic N) is 1. The van der Waals surface area contributed by atoms with Crippen molar-refractivity contribution in [1.29, 1.82) is 0 Å². The van der Waals surface area contributed by atoms with Crippen LogP contribution in [0.15, 0.2) is 66.3 Å². The molecule has 402 valence electrons. The number of piperazine rings is 1. The van der Waals surface area contributed by atoms with Gasteiger partial charge in [-0.25, -0.2) is 13.8 Å². The molecule has 0 aliphatic carbocycles. The van der Waals surface area contributed by atoms with Gasteiger partial charge in [-0.2, -0.15) is 9.97 Å². The first-order valence-electron chi connectivity index (χ1n) is 26.6. The monoisotopic (exact) mass is 1060 g/mol. The van der Waals surface area contributed by atoms with Crippen LogP contribution in [0.5, 0.6) is 11.8 Å². The molecule has 3 aromatic carbocycles. The molecule has 16 nitrogen and oxygen atoms in total. The summed E-state index contributed by atoms with van der Waals surface area (Å²) in [5.41, 5.74) is 3.53. The highest BCUT2D eigenvalue weighted by atomic mass is 32.1. The molecule has 7 atom stereocenters. The Balaban J connectivity index is 0.776. The number of ether oxygens (including phenoxy) is 1. The highest BCUT2D eigenvalue weighted by molar-refractivity contribution is 7.13. The van der Waals surface area contributed by atoms with E-state index < -0.39 is 46.7 Å². The number of unbranched alkanes of at least 4 members (excludes halogenated alkanes) is 1. The van der Waals surface area contributed by atoms with Gasteiger partial charge < -0.3 is 40.7 Å². The molecular weight excluding hydrogens is 991 g/mol. The molecular formula is C57H68F2N10O6S. The van der Waals surface area contributed by atoms with Crippen molar-refractivity contribution in [2.45, 2.75) is 135 Å². The predicted molar refractivity (Wildman–Crippen MR) is 289 cm³/mol. The zero-order chi connectivity index (χ0) is 53.6. The number of nitrogens with one attached hydrogen (secondary N) is 3. The zero-order valence-electron chi connectivity index (χ0n) is 44.0. The van der Waals surface area contributed by atoms with Gasteiger partial charge in [-0.3, -0.25) is 24.3 Å². The van der Waals surface area contributed by atoms with E-state index in [1.54, 1.807) is 17.4 Å². The summed E-state index contributed by atoms with van der Waals surface area (Å²) >= 11 is 1.57. The number of aliphatic hydroxyl groups excluding tert-OH is 1. The van der Waals surface area contributed by atoms with E-state index in [4.69, 9.17) is 9.72 Å². The maximum Gasteiger partial charge on any atom is 0.319 e. The Morgan fingerprint density at radius 3 is 2.49 bits per heavy atom. The molecule has 4 saturated heterocycles. The van der Waals surface area contributed by atoms with Crippen LogP contribution in [0.25, 0.3) is 43.4 Å². The van der Waals surface area contributed by atoms with E-state index in [1.165, 1.54) is 35.4 Å². The molecule has 3 amide bonds. The molecule has 4 aliphatic rings. The van der Waals surface area contributed by atoms with E-state index in [1.807, 2.05) is 64.4 Å². The van der Waals surface area contributed by atoms with Crippen molar-refractivity contribution in [2.75, 3.05) is 44.2 Å². The lowest BCUT2D eigenvalue weighted by Gasteiger charge is -2.36. The Bertz CT molecular complexity index is 3140. The number of aromatic nitrogens is 4. The van der Waals surface area contributed by atoms with Gasteiger partial charge in [0, 0.05) is 61.7 Å². The Kier molecular flexibility index (Phi) is 15.0. The number of anilines is 1. The molecule has 19 heteroatoms. The number of rotatable bonds is 16. The summed E-state index contributed by atoms with van der Waals surface area (Å²) in [6.45, 7) is 14.6. The van der Waals surface area contributed by atoms with Gasteiger partial charge >= 0.3 is 6.01 Å². The molecule has 4 fully saturated rings. The highest BCUT2D eigenvalue weighted by Gasteiger charge is 2.45. The van der Waals surface area contributed by atoms with Gasteiger partial charge in [-0.05, 0) is 113 Å². The lowest BCUT2D eigenvalue weighted by atomic mass is 9.85. The SMILES string of the molecule is Cc1ncsc1-c1ccc([C@H](C)NC(=O)[C@@H]2C[C@@H](O)CN2C(=O)[C@@H](NC(=O)CCCCN2CCC[C@@]2(C)COc2nc(N3CC4CCC(C3)N4)c3cnc(-c4cc(O)cc5cccc(F)c45)c(F)c3n2)C(C)(C)C)cc1. The van der Waals surface area contributed by atoms with Crippen LogP contribution in [0.3, 0.4) is 0 Å². The van der Waals surface area contributed by atoms with Crippen LogP contribution in [0.1, 0.15) is 103 Å². The normalized spacial score (nSPS) is 22.6. The second kappa shape index (κ2) is 21.5. The summed E-state index contributed by atoms with van der Waals surface area (Å²) in [5, 5.41) is 32.0. The molecule has 0 spiro atoms. The van der Waals surface area contributed by atoms with Gasteiger partial charge in [-0.15, -0.1) is 11.3 Å². The average Bonchev–Trinajstić information content (AvgIpc) is 4.23. The number of carbonyl (C=O) groups excluding carboxylic acids is 3. The highest BCUT2D eigenvalue weighted by Crippen LogP contribution is 2.40. The quantitative estimate of drug-likeness (QED) is 0.0586. The minimum absolute atomic E-state index is 0.0122. The average molecular weight is 1060 g/mol. The van der Waals surface area contributed by atoms with Gasteiger partial charge in [-0.1, -0.05) is 57.2 Å². The molecule has 0 radical (unpaired) electrons. The van der Waals surface area contributed by atoms with Crippen molar-refractivity contribution >= 4 is 56.6 Å². The largest absolute Gasteiger partial charge is 0.508 e. The smallest absolute Gasteiger partial charge is 0.319 e. The molecule has 6 aromatic rings. The Morgan fingerprint density at radius 2 is 1.76 bits per heavy atom. The third kappa shape index (κ3) is 10.9. The fraction of sp³-hybridized carbons (Fsp3) is 0.491. The number of halogens is 2. The minimum atomic E-state index is -0.940. The maximum absolute atomic E-state index is 17.1. The second-order valence-electron chi connectivity index (χ2n) is 22.6. The maximum atomic E-state index is 17.1. The number of thiazole rings is 1. The van der Waals surface area contributed by atoms with Gasteiger partial charge in [0.1, 0.15) is 47.3 Å². The van der Waals surface area contributed by atoms with Crippen molar-refractivity contribution < 1.29 is 38.1 Å². The number of aliphatic hydroxyl groups is 1. The van der Waals surface area contributed by atoms with E-state index in [2.05, 4.69) is 47.6 Å². The number of phenolic OH excluding ortho intramolecular Hbond substituents is 1. The fourth-order valence-electron chi connectivity index (χ4n) is 11.7. The Hall–Kier alpha value is -6.41. The summed E-state index contributed by atoms with van der Waals surface area (Å²) in [7, 11) is 0. The third-order valence-electron chi connectivity index (χ3n) is 15.9. The molecule has 2 unspecified atom stereocenters. The number of pyridine rings is 1. The molecule has 3 aromatic heterocycles. The number of amides is 3. The van der Waals surface area contributed by atoms with Crippen LogP contribution in [-0.4, -0.2) is 133 Å². The standard InChI is InChI=1S/C57H68F2N10O6S/c1-32(34-14-16-35(17-15-34)50-33(2)61-31-76-50)62-53(73)44-25-40(71)29-69(44)54(74)51(56(3,4)5)64-45(72)13-7-8-21-68-22-10-20-57(68,6)30-75-55-65-49-42(52(66-55)67-27-37-18-19-38(28-67)63-37)26-60-48(47(49)59)41-24-39(70)23-36-11-9-12-43(58)46(36)41/h9,11-12,14-17,23-24,26,31-32,37-38,40,44,51,63,70-71H,7-8,10,13,18-22,25,27-30H2,1-6H3,(H,62,73)(H,64,72)/t32-,37?,38?,40+,44-,51+,57-/m0/s1. The first-order valence-corrected chi connectivity index (χ1v) is 27.5. The van der Waals surface area contributed by atoms with Crippen LogP contribution in [-0.2, 0) is 14.4 Å². The van der Waals surface area contributed by atoms with Crippen molar-refractivity contribution in [2.24, 2.45) is 5.41 Å². The second-order valence-corrected chi connectivity index (χ2v) is 23.5. The van der Waals surface area contributed by atoms with Crippen molar-refractivity contribution in [3.05, 3.63) is 89.2 Å². The van der Waals surface area contributed by atoms with Crippen LogP contribution in [0.2, 0.25) is 0 Å². The van der Waals surface area contributed by atoms with Crippen LogP contribution in [0.4, 0.5) is 14.6 Å². The van der Waals surface area contributed by atoms with Gasteiger partial charge in [0.25, 0.3) is 0 Å². The summed E-state index contributed by atoms with van der Waals surface area (Å²) in [6, 6.07) is 13.5. The van der Waals surface area contributed by atoms with Crippen molar-refractivity contribution in [3.8, 4) is 33.5 Å². The number of hydrogen-bond donors (Lipinski definition) is 5. The topological polar surface area (TPSA) is 198 Å². The van der Waals surface area contributed by atoms with Crippen molar-refractivity contribution in [3.63, 3.8) is 0 Å². The Morgan fingerprint density at radius 1 is 1.00 bits per heavy atom. The number of hydrogen-bond acceptors (Lipinski definition) is 14. The summed E-state index contributed by atoms with van der Waals surface area (Å²) in [6.07, 6.45) is 5.95. The number of nitrogens with zero attached hydrogens (tertiary/aromatic N) is 7. The molecule has 76 heavy (non-hydrogen) atoms. The predicted octanol–water partition coefficient (Wildman–Crippen LogP) is 7.98. The fourth-order valence-corrected chi connectivity index (χ4v) is 12.5. The third-order valence-corrected chi connectivity index (χ3v) is 16.9. The van der Waals surface area contributed by atoms with E-state index in [9.17, 15) is 24.6 Å². The van der Waals surface area contributed by atoms with Crippen molar-refractivity contribution in [1.82, 2.24) is 45.7 Å². The number of aromatic hydroxyl groups is 1. The van der Waals surface area contributed by atoms with Gasteiger partial charge in [0.15, 0.2) is 5.82 Å². The molecule has 2 bridgehead atoms. The molecule has 10 rings (SSSR count). The van der Waals surface area contributed by atoms with Gasteiger partial charge in [0.2, 0.25) is 17.7 Å². The van der Waals surface area contributed by atoms with Crippen LogP contribution < -0.4 is 25.6 Å². The molecule has 7 heterocycles. The zero-order valence-corrected chi connectivity index (χ0v) is 44.9. The van der Waals surface area contributed by atoms with E-state index in [0.29, 0.717) is 49.1 Å². The van der Waals surface area contributed by atoms with E-state index in [0.717, 1.165) is 53.9 Å². The lowest BCUT2D eigenvalue weighted by molar-refractivity contribution is -0.144. The molecule has 0 saturated carbocycles. The van der Waals surface area contributed by atoms with Crippen LogP contribution in [0, 0.1) is 24.0 Å². The number of carbonyl (C=O) groups is 3. The van der Waals surface area contributed by atoms with Gasteiger partial charge in [0.05, 0.1) is 39.2 Å². The molecule has 4 aliphatic heterocycles. The number of aryl methyl sites for hydroxylation is 1. The summed E-state index contributed by atoms with van der Waals surface area (Å²) < 4.78 is 38.9. The summed E-state index contributed by atoms with van der Waals surface area (Å²) in [4.78, 5) is 67.3. The first-order chi connectivity index (χ1) is 36.3. The van der Waals surface area contributed by atoms with E-state index in [-0.39, 0.29) is 89.9 Å². The number of benzene rings is 3. The Labute approximate surface area is 445 Å². The van der Waals surface area contributed by atoms with Crippen LogP contribution >= 0.6 is 11.3 Å². The first kappa shape index (κ1) is 53.0. The molecule has 5 N–H and O–H groups in total. The number of likely N-dealkylation sites (tertiary alicyclic amines) is 2. The number of fused-ring (bicyclic) bond motifs is 4. The summed E-state index contributed by atoms with van der Waals surface area (Å²) in [5.74, 6) is -2.04.